The minimum atomic E-state index is 0.520. The summed E-state index contributed by atoms with van der Waals surface area (Å²) in [5.74, 6) is 0.829. The molecule has 0 radical (unpaired) electrons. The Kier molecular flexibility index (Phi) is 5.25. The zero-order valence-corrected chi connectivity index (χ0v) is 12.7. The topological polar surface area (TPSA) is 35.2 Å². The molecule has 100 valence electrons. The molecule has 2 rings (SSSR count). The van der Waals surface area contributed by atoms with Crippen LogP contribution in [0, 0.1) is 0 Å². The molecule has 0 saturated carbocycles. The molecule has 19 heavy (non-hydrogen) atoms. The van der Waals surface area contributed by atoms with Crippen molar-refractivity contribution in [2.24, 2.45) is 5.73 Å². The van der Waals surface area contributed by atoms with Gasteiger partial charge in [0.25, 0.3) is 0 Å². The Morgan fingerprint density at radius 1 is 1.05 bits per heavy atom. The molecule has 0 heterocycles. The van der Waals surface area contributed by atoms with Crippen LogP contribution in [0.4, 0.5) is 0 Å². The summed E-state index contributed by atoms with van der Waals surface area (Å²) < 4.78 is 6.73. The van der Waals surface area contributed by atoms with Crippen LogP contribution < -0.4 is 10.5 Å². The number of ether oxygens (including phenoxy) is 1. The zero-order chi connectivity index (χ0) is 13.7. The Labute approximate surface area is 126 Å². The van der Waals surface area contributed by atoms with E-state index in [4.69, 9.17) is 22.1 Å². The summed E-state index contributed by atoms with van der Waals surface area (Å²) >= 11 is 9.36. The maximum atomic E-state index is 5.84. The number of hydrogen-bond donors (Lipinski definition) is 1. The van der Waals surface area contributed by atoms with E-state index in [0.717, 1.165) is 27.2 Å². The van der Waals surface area contributed by atoms with Gasteiger partial charge in [0.05, 0.1) is 4.47 Å². The molecular weight excluding hydrogens is 326 g/mol. The van der Waals surface area contributed by atoms with Crippen LogP contribution in [0.5, 0.6) is 5.75 Å². The van der Waals surface area contributed by atoms with Crippen LogP contribution in [0.2, 0.25) is 5.02 Å². The van der Waals surface area contributed by atoms with E-state index in [1.807, 2.05) is 42.5 Å². The second kappa shape index (κ2) is 6.94. The summed E-state index contributed by atoms with van der Waals surface area (Å²) in [6.07, 6.45) is 0.871. The molecule has 0 aliphatic heterocycles. The molecule has 2 N–H and O–H groups in total. The zero-order valence-electron chi connectivity index (χ0n) is 10.4. The van der Waals surface area contributed by atoms with Crippen molar-refractivity contribution >= 4 is 27.5 Å². The molecule has 0 atom stereocenters. The number of rotatable bonds is 5. The fraction of sp³-hybridized carbons (Fsp3) is 0.200. The van der Waals surface area contributed by atoms with Gasteiger partial charge in [0.15, 0.2) is 0 Å². The molecule has 0 aliphatic carbocycles. The van der Waals surface area contributed by atoms with Gasteiger partial charge in [-0.3, -0.25) is 0 Å². The van der Waals surface area contributed by atoms with Gasteiger partial charge in [0.1, 0.15) is 12.4 Å². The maximum Gasteiger partial charge on any atom is 0.134 e. The highest BCUT2D eigenvalue weighted by Gasteiger charge is 2.03. The van der Waals surface area contributed by atoms with E-state index in [2.05, 4.69) is 15.9 Å². The van der Waals surface area contributed by atoms with Gasteiger partial charge in [-0.1, -0.05) is 29.8 Å². The Morgan fingerprint density at radius 2 is 1.74 bits per heavy atom. The average molecular weight is 341 g/mol. The van der Waals surface area contributed by atoms with Gasteiger partial charge in [-0.25, -0.2) is 0 Å². The van der Waals surface area contributed by atoms with E-state index in [1.165, 1.54) is 5.56 Å². The van der Waals surface area contributed by atoms with E-state index in [1.54, 1.807) is 0 Å². The van der Waals surface area contributed by atoms with E-state index in [0.29, 0.717) is 13.2 Å². The minimum absolute atomic E-state index is 0.520. The second-order valence-electron chi connectivity index (χ2n) is 4.22. The summed E-state index contributed by atoms with van der Waals surface area (Å²) in [5.41, 5.74) is 7.83. The normalized spacial score (nSPS) is 10.5. The first kappa shape index (κ1) is 14.4. The maximum absolute atomic E-state index is 5.84. The van der Waals surface area contributed by atoms with Crippen LogP contribution in [-0.4, -0.2) is 6.54 Å². The second-order valence-corrected chi connectivity index (χ2v) is 5.51. The third kappa shape index (κ3) is 4.23. The Bertz CT molecular complexity index is 542. The van der Waals surface area contributed by atoms with Crippen LogP contribution in [0.3, 0.4) is 0 Å². The molecule has 0 bridgehead atoms. The molecule has 0 spiro atoms. The summed E-state index contributed by atoms with van der Waals surface area (Å²) in [5, 5.41) is 0.732. The SMILES string of the molecule is NCCc1ccc(OCc2ccc(Cl)cc2)c(Br)c1. The quantitative estimate of drug-likeness (QED) is 0.886. The van der Waals surface area contributed by atoms with Gasteiger partial charge in [0.2, 0.25) is 0 Å². The lowest BCUT2D eigenvalue weighted by Gasteiger charge is -2.09. The average Bonchev–Trinajstić information content (AvgIpc) is 2.40. The lowest BCUT2D eigenvalue weighted by Crippen LogP contribution is -2.03. The van der Waals surface area contributed by atoms with E-state index in [9.17, 15) is 0 Å². The molecule has 0 fully saturated rings. The highest BCUT2D eigenvalue weighted by Crippen LogP contribution is 2.27. The summed E-state index contributed by atoms with van der Waals surface area (Å²) in [7, 11) is 0. The molecule has 0 aliphatic rings. The summed E-state index contributed by atoms with van der Waals surface area (Å²) in [6.45, 7) is 1.17. The van der Waals surface area contributed by atoms with Crippen LogP contribution in [0.15, 0.2) is 46.9 Å². The van der Waals surface area contributed by atoms with Gasteiger partial charge < -0.3 is 10.5 Å². The summed E-state index contributed by atoms with van der Waals surface area (Å²) in [6, 6.07) is 13.7. The van der Waals surface area contributed by atoms with Crippen molar-refractivity contribution in [2.45, 2.75) is 13.0 Å². The van der Waals surface area contributed by atoms with Crippen molar-refractivity contribution in [3.63, 3.8) is 0 Å². The van der Waals surface area contributed by atoms with Gasteiger partial charge >= 0.3 is 0 Å². The van der Waals surface area contributed by atoms with Gasteiger partial charge in [0, 0.05) is 5.02 Å². The highest BCUT2D eigenvalue weighted by atomic mass is 79.9. The van der Waals surface area contributed by atoms with Crippen LogP contribution >= 0.6 is 27.5 Å². The van der Waals surface area contributed by atoms with Crippen LogP contribution in [0.25, 0.3) is 0 Å². The number of hydrogen-bond acceptors (Lipinski definition) is 2. The lowest BCUT2D eigenvalue weighted by atomic mass is 10.1. The molecule has 4 heteroatoms. The van der Waals surface area contributed by atoms with Gasteiger partial charge in [-0.05, 0) is 64.3 Å². The molecule has 2 aromatic rings. The van der Waals surface area contributed by atoms with Gasteiger partial charge in [-0.2, -0.15) is 0 Å². The van der Waals surface area contributed by atoms with Crippen molar-refractivity contribution in [3.8, 4) is 5.75 Å². The predicted octanol–water partition coefficient (Wildman–Crippen LogP) is 4.18. The first-order chi connectivity index (χ1) is 9.19. The molecule has 0 aromatic heterocycles. The number of halogens is 2. The van der Waals surface area contributed by atoms with E-state index < -0.39 is 0 Å². The van der Waals surface area contributed by atoms with Crippen LogP contribution in [-0.2, 0) is 13.0 Å². The molecule has 0 unspecified atom stereocenters. The van der Waals surface area contributed by atoms with Crippen molar-refractivity contribution in [3.05, 3.63) is 63.1 Å². The fourth-order valence-electron chi connectivity index (χ4n) is 1.73. The van der Waals surface area contributed by atoms with E-state index >= 15 is 0 Å². The van der Waals surface area contributed by atoms with E-state index in [-0.39, 0.29) is 0 Å². The van der Waals surface area contributed by atoms with Crippen molar-refractivity contribution in [1.29, 1.82) is 0 Å². The lowest BCUT2D eigenvalue weighted by molar-refractivity contribution is 0.304. The Balaban J connectivity index is 2.01. The Hall–Kier alpha value is -1.03. The van der Waals surface area contributed by atoms with Crippen LogP contribution in [0.1, 0.15) is 11.1 Å². The number of benzene rings is 2. The van der Waals surface area contributed by atoms with Crippen molar-refractivity contribution in [1.82, 2.24) is 0 Å². The fourth-order valence-corrected chi connectivity index (χ4v) is 2.39. The molecule has 0 amide bonds. The smallest absolute Gasteiger partial charge is 0.134 e. The monoisotopic (exact) mass is 339 g/mol. The highest BCUT2D eigenvalue weighted by molar-refractivity contribution is 9.10. The third-order valence-corrected chi connectivity index (χ3v) is 3.61. The molecule has 2 nitrogen and oxygen atoms in total. The first-order valence-corrected chi connectivity index (χ1v) is 7.22. The van der Waals surface area contributed by atoms with Gasteiger partial charge in [-0.15, -0.1) is 0 Å². The molecular formula is C15H15BrClNO. The summed E-state index contributed by atoms with van der Waals surface area (Å²) in [4.78, 5) is 0. The van der Waals surface area contributed by atoms with Crippen molar-refractivity contribution in [2.75, 3.05) is 6.54 Å². The largest absolute Gasteiger partial charge is 0.488 e. The molecule has 2 aromatic carbocycles. The Morgan fingerprint density at radius 3 is 2.37 bits per heavy atom. The first-order valence-electron chi connectivity index (χ1n) is 6.05. The molecule has 0 saturated heterocycles. The standard InChI is InChI=1S/C15H15BrClNO/c16-14-9-11(7-8-18)3-6-15(14)19-10-12-1-4-13(17)5-2-12/h1-6,9H,7-8,10,18H2. The predicted molar refractivity (Wildman–Crippen MR) is 82.7 cm³/mol. The minimum Gasteiger partial charge on any atom is -0.488 e. The third-order valence-electron chi connectivity index (χ3n) is 2.74. The van der Waals surface area contributed by atoms with Crippen molar-refractivity contribution < 1.29 is 4.74 Å². The number of nitrogens with two attached hydrogens (primary N) is 1.